The van der Waals surface area contributed by atoms with Crippen molar-refractivity contribution in [1.29, 1.82) is 0 Å². The van der Waals surface area contributed by atoms with E-state index in [-0.39, 0.29) is 5.92 Å². The molecule has 1 heterocycles. The second-order valence-electron chi connectivity index (χ2n) is 5.62. The van der Waals surface area contributed by atoms with Gasteiger partial charge in [-0.2, -0.15) is 0 Å². The summed E-state index contributed by atoms with van der Waals surface area (Å²) < 4.78 is 5.74. The molecule has 1 saturated heterocycles. The van der Waals surface area contributed by atoms with E-state index in [1.807, 2.05) is 0 Å². The van der Waals surface area contributed by atoms with Crippen molar-refractivity contribution in [2.75, 3.05) is 26.7 Å². The lowest BCUT2D eigenvalue weighted by molar-refractivity contribution is -0.125. The molecule has 2 rings (SSSR count). The molecule has 2 fully saturated rings. The van der Waals surface area contributed by atoms with Gasteiger partial charge in [-0.1, -0.05) is 6.42 Å². The molecule has 3 heteroatoms. The average molecular weight is 239 g/mol. The van der Waals surface area contributed by atoms with Crippen molar-refractivity contribution in [3.8, 4) is 0 Å². The van der Waals surface area contributed by atoms with Crippen LogP contribution in [0.4, 0.5) is 0 Å². The summed E-state index contributed by atoms with van der Waals surface area (Å²) in [4.78, 5) is 14.1. The minimum Gasteiger partial charge on any atom is -0.377 e. The van der Waals surface area contributed by atoms with Gasteiger partial charge >= 0.3 is 0 Å². The molecule has 0 amide bonds. The van der Waals surface area contributed by atoms with Gasteiger partial charge in [0, 0.05) is 32.0 Å². The predicted octanol–water partition coefficient (Wildman–Crippen LogP) is 2.25. The summed E-state index contributed by atoms with van der Waals surface area (Å²) >= 11 is 0. The zero-order chi connectivity index (χ0) is 12.1. The lowest BCUT2D eigenvalue weighted by atomic mass is 9.87. The third kappa shape index (κ3) is 4.07. The van der Waals surface area contributed by atoms with E-state index in [2.05, 4.69) is 11.9 Å². The number of rotatable bonds is 4. The summed E-state index contributed by atoms with van der Waals surface area (Å²) in [7, 11) is 2.12. The summed E-state index contributed by atoms with van der Waals surface area (Å²) in [6.07, 6.45) is 8.31. The molecule has 2 atom stereocenters. The minimum atomic E-state index is 0.289. The summed E-state index contributed by atoms with van der Waals surface area (Å²) in [5.74, 6) is 0.769. The van der Waals surface area contributed by atoms with E-state index in [1.54, 1.807) is 0 Å². The van der Waals surface area contributed by atoms with Crippen LogP contribution in [-0.2, 0) is 9.53 Å². The number of hydrogen-bond acceptors (Lipinski definition) is 3. The standard InChI is InChI=1S/C14H25NO2/c1-15(11-13-7-4-5-9-17-13)10-12-6-2-3-8-14(12)16/h12-13H,2-11H2,1H3. The molecule has 0 aromatic rings. The Labute approximate surface area is 105 Å². The minimum absolute atomic E-state index is 0.289. The number of Topliss-reactive ketones (excluding diaryl/α,β-unsaturated/α-hetero) is 1. The van der Waals surface area contributed by atoms with Crippen molar-refractivity contribution in [2.24, 2.45) is 5.92 Å². The fourth-order valence-corrected chi connectivity index (χ4v) is 3.00. The highest BCUT2D eigenvalue weighted by atomic mass is 16.5. The number of carbonyl (C=O) groups excluding carboxylic acids is 1. The highest BCUT2D eigenvalue weighted by Crippen LogP contribution is 2.22. The van der Waals surface area contributed by atoms with Crippen LogP contribution < -0.4 is 0 Å². The topological polar surface area (TPSA) is 29.5 Å². The van der Waals surface area contributed by atoms with Crippen LogP contribution >= 0.6 is 0 Å². The first-order valence-electron chi connectivity index (χ1n) is 7.08. The summed E-state index contributed by atoms with van der Waals surface area (Å²) in [6.45, 7) is 2.84. The molecule has 0 bridgehead atoms. The van der Waals surface area contributed by atoms with Crippen molar-refractivity contribution in [2.45, 2.75) is 51.0 Å². The lowest BCUT2D eigenvalue weighted by Crippen LogP contribution is -2.38. The first kappa shape index (κ1) is 13.0. The zero-order valence-electron chi connectivity index (χ0n) is 11.0. The van der Waals surface area contributed by atoms with E-state index in [0.29, 0.717) is 11.9 Å². The van der Waals surface area contributed by atoms with E-state index < -0.39 is 0 Å². The Morgan fingerprint density at radius 3 is 2.71 bits per heavy atom. The number of likely N-dealkylation sites (N-methyl/N-ethyl adjacent to an activating group) is 1. The number of ether oxygens (including phenoxy) is 1. The number of nitrogens with zero attached hydrogens (tertiary/aromatic N) is 1. The second-order valence-corrected chi connectivity index (χ2v) is 5.62. The normalized spacial score (nSPS) is 30.8. The van der Waals surface area contributed by atoms with Gasteiger partial charge < -0.3 is 9.64 Å². The van der Waals surface area contributed by atoms with Crippen LogP contribution in [-0.4, -0.2) is 43.5 Å². The van der Waals surface area contributed by atoms with Gasteiger partial charge in [0.2, 0.25) is 0 Å². The van der Waals surface area contributed by atoms with Crippen molar-refractivity contribution in [3.05, 3.63) is 0 Å². The largest absolute Gasteiger partial charge is 0.377 e. The van der Waals surface area contributed by atoms with Crippen LogP contribution in [0.1, 0.15) is 44.9 Å². The van der Waals surface area contributed by atoms with Gasteiger partial charge in [-0.05, 0) is 39.2 Å². The monoisotopic (exact) mass is 239 g/mol. The lowest BCUT2D eigenvalue weighted by Gasteiger charge is -2.30. The van der Waals surface area contributed by atoms with Crippen molar-refractivity contribution < 1.29 is 9.53 Å². The Kier molecular flexibility index (Phi) is 4.99. The molecule has 0 radical (unpaired) electrons. The fraction of sp³-hybridized carbons (Fsp3) is 0.929. The quantitative estimate of drug-likeness (QED) is 0.753. The first-order valence-corrected chi connectivity index (χ1v) is 7.08. The van der Waals surface area contributed by atoms with Crippen LogP contribution in [0.2, 0.25) is 0 Å². The van der Waals surface area contributed by atoms with Gasteiger partial charge in [-0.25, -0.2) is 0 Å². The summed E-state index contributed by atoms with van der Waals surface area (Å²) in [5.41, 5.74) is 0. The molecule has 0 N–H and O–H groups in total. The molecular formula is C14H25NO2. The molecular weight excluding hydrogens is 214 g/mol. The molecule has 17 heavy (non-hydrogen) atoms. The van der Waals surface area contributed by atoms with Gasteiger partial charge in [0.05, 0.1) is 6.10 Å². The van der Waals surface area contributed by atoms with E-state index in [4.69, 9.17) is 4.74 Å². The van der Waals surface area contributed by atoms with Gasteiger partial charge in [0.25, 0.3) is 0 Å². The maximum absolute atomic E-state index is 11.8. The van der Waals surface area contributed by atoms with Crippen LogP contribution in [0, 0.1) is 5.92 Å². The smallest absolute Gasteiger partial charge is 0.137 e. The van der Waals surface area contributed by atoms with Crippen molar-refractivity contribution in [3.63, 3.8) is 0 Å². The Morgan fingerprint density at radius 1 is 1.18 bits per heavy atom. The van der Waals surface area contributed by atoms with Crippen LogP contribution in [0.25, 0.3) is 0 Å². The molecule has 1 aliphatic carbocycles. The molecule has 1 saturated carbocycles. The van der Waals surface area contributed by atoms with Gasteiger partial charge in [0.15, 0.2) is 0 Å². The predicted molar refractivity (Wildman–Crippen MR) is 68.1 cm³/mol. The van der Waals surface area contributed by atoms with E-state index in [0.717, 1.165) is 39.0 Å². The molecule has 2 aliphatic rings. The Hall–Kier alpha value is -0.410. The first-order chi connectivity index (χ1) is 8.25. The fourth-order valence-electron chi connectivity index (χ4n) is 3.00. The highest BCUT2D eigenvalue weighted by molar-refractivity contribution is 5.81. The van der Waals surface area contributed by atoms with Crippen molar-refractivity contribution >= 4 is 5.78 Å². The number of hydrogen-bond donors (Lipinski definition) is 0. The zero-order valence-corrected chi connectivity index (χ0v) is 11.0. The molecule has 0 aromatic heterocycles. The number of ketones is 1. The SMILES string of the molecule is CN(CC1CCCCO1)CC1CCCCC1=O. The third-order valence-corrected chi connectivity index (χ3v) is 4.00. The van der Waals surface area contributed by atoms with Crippen LogP contribution in [0.5, 0.6) is 0 Å². The molecule has 2 unspecified atom stereocenters. The number of carbonyl (C=O) groups is 1. The second kappa shape index (κ2) is 6.50. The van der Waals surface area contributed by atoms with E-state index >= 15 is 0 Å². The highest BCUT2D eigenvalue weighted by Gasteiger charge is 2.24. The van der Waals surface area contributed by atoms with E-state index in [1.165, 1.54) is 25.7 Å². The molecule has 0 spiro atoms. The maximum Gasteiger partial charge on any atom is 0.137 e. The molecule has 1 aliphatic heterocycles. The summed E-state index contributed by atoms with van der Waals surface area (Å²) in [6, 6.07) is 0. The van der Waals surface area contributed by atoms with Crippen molar-refractivity contribution in [1.82, 2.24) is 4.90 Å². The van der Waals surface area contributed by atoms with Crippen LogP contribution in [0.15, 0.2) is 0 Å². The maximum atomic E-state index is 11.8. The molecule has 0 aromatic carbocycles. The Morgan fingerprint density at radius 2 is 2.00 bits per heavy atom. The molecule has 3 nitrogen and oxygen atoms in total. The third-order valence-electron chi connectivity index (χ3n) is 4.00. The van der Waals surface area contributed by atoms with Crippen LogP contribution in [0.3, 0.4) is 0 Å². The summed E-state index contributed by atoms with van der Waals surface area (Å²) in [5, 5.41) is 0. The van der Waals surface area contributed by atoms with Gasteiger partial charge in [0.1, 0.15) is 5.78 Å². The van der Waals surface area contributed by atoms with Gasteiger partial charge in [-0.15, -0.1) is 0 Å². The Bertz CT molecular complexity index is 249. The average Bonchev–Trinajstić information content (AvgIpc) is 2.33. The molecule has 98 valence electrons. The van der Waals surface area contributed by atoms with E-state index in [9.17, 15) is 4.79 Å². The van der Waals surface area contributed by atoms with Gasteiger partial charge in [-0.3, -0.25) is 4.79 Å². The Balaban J connectivity index is 1.71.